The van der Waals surface area contributed by atoms with Crippen LogP contribution in [0.3, 0.4) is 0 Å². The van der Waals surface area contributed by atoms with Crippen LogP contribution >= 0.6 is 11.8 Å². The molecule has 0 spiro atoms. The lowest BCUT2D eigenvalue weighted by atomic mass is 10.1. The second-order valence-electron chi connectivity index (χ2n) is 3.57. The molecule has 0 atom stereocenters. The van der Waals surface area contributed by atoms with E-state index in [2.05, 4.69) is 6.92 Å². The predicted molar refractivity (Wildman–Crippen MR) is 74.2 cm³/mol. The Morgan fingerprint density at radius 1 is 1.29 bits per heavy atom. The summed E-state index contributed by atoms with van der Waals surface area (Å²) in [5.74, 6) is 3.72. The first-order valence-corrected chi connectivity index (χ1v) is 7.04. The van der Waals surface area contributed by atoms with E-state index >= 15 is 0 Å². The fourth-order valence-electron chi connectivity index (χ4n) is 1.51. The Morgan fingerprint density at radius 2 is 2.12 bits per heavy atom. The largest absolute Gasteiger partial charge is 0.493 e. The molecule has 0 aliphatic rings. The van der Waals surface area contributed by atoms with E-state index in [1.165, 1.54) is 5.56 Å². The van der Waals surface area contributed by atoms with E-state index < -0.39 is 0 Å². The summed E-state index contributed by atoms with van der Waals surface area (Å²) >= 11 is 1.87. The monoisotopic (exact) mass is 255 g/mol. The maximum Gasteiger partial charge on any atom is 0.161 e. The van der Waals surface area contributed by atoms with Crippen LogP contribution < -0.4 is 15.2 Å². The van der Waals surface area contributed by atoms with Gasteiger partial charge in [0.2, 0.25) is 0 Å². The average molecular weight is 255 g/mol. The summed E-state index contributed by atoms with van der Waals surface area (Å²) in [6.07, 6.45) is 0.863. The minimum Gasteiger partial charge on any atom is -0.493 e. The Labute approximate surface area is 108 Å². The van der Waals surface area contributed by atoms with E-state index in [1.54, 1.807) is 7.11 Å². The van der Waals surface area contributed by atoms with Gasteiger partial charge < -0.3 is 15.2 Å². The van der Waals surface area contributed by atoms with Crippen LogP contribution in [0, 0.1) is 0 Å². The normalized spacial score (nSPS) is 10.3. The standard InChI is InChI=1S/C13H21NO2S/c1-3-17-9-8-16-12-5-4-11(6-7-14)10-13(12)15-2/h4-5,10H,3,6-9,14H2,1-2H3. The number of thioether (sulfide) groups is 1. The SMILES string of the molecule is CCSCCOc1ccc(CCN)cc1OC. The minimum absolute atomic E-state index is 0.649. The first-order valence-electron chi connectivity index (χ1n) is 5.89. The molecule has 0 radical (unpaired) electrons. The highest BCUT2D eigenvalue weighted by Crippen LogP contribution is 2.28. The second-order valence-corrected chi connectivity index (χ2v) is 4.96. The van der Waals surface area contributed by atoms with Crippen molar-refractivity contribution < 1.29 is 9.47 Å². The van der Waals surface area contributed by atoms with Crippen molar-refractivity contribution in [1.29, 1.82) is 0 Å². The molecule has 0 aliphatic carbocycles. The summed E-state index contributed by atoms with van der Waals surface area (Å²) in [5, 5.41) is 0. The molecule has 0 heterocycles. The molecule has 0 saturated carbocycles. The summed E-state index contributed by atoms with van der Waals surface area (Å²) in [6.45, 7) is 3.51. The Balaban J connectivity index is 2.58. The molecule has 0 aliphatic heterocycles. The zero-order valence-corrected chi connectivity index (χ0v) is 11.4. The number of rotatable bonds is 8. The third-order valence-electron chi connectivity index (χ3n) is 2.35. The van der Waals surface area contributed by atoms with Crippen LogP contribution in [0.4, 0.5) is 0 Å². The molecular weight excluding hydrogens is 234 g/mol. The highest BCUT2D eigenvalue weighted by atomic mass is 32.2. The van der Waals surface area contributed by atoms with Crippen molar-refractivity contribution in [3.05, 3.63) is 23.8 Å². The van der Waals surface area contributed by atoms with Crippen LogP contribution in [-0.4, -0.2) is 31.8 Å². The third kappa shape index (κ3) is 4.88. The van der Waals surface area contributed by atoms with Crippen LogP contribution in [0.15, 0.2) is 18.2 Å². The van der Waals surface area contributed by atoms with Crippen molar-refractivity contribution in [2.75, 3.05) is 31.8 Å². The molecule has 0 amide bonds. The zero-order valence-electron chi connectivity index (χ0n) is 10.6. The van der Waals surface area contributed by atoms with Crippen LogP contribution in [0.2, 0.25) is 0 Å². The highest BCUT2D eigenvalue weighted by molar-refractivity contribution is 7.99. The van der Waals surface area contributed by atoms with Gasteiger partial charge in [-0.15, -0.1) is 0 Å². The van der Waals surface area contributed by atoms with E-state index in [0.717, 1.165) is 29.4 Å². The number of hydrogen-bond donors (Lipinski definition) is 1. The molecule has 0 fully saturated rings. The van der Waals surface area contributed by atoms with Gasteiger partial charge in [0.05, 0.1) is 13.7 Å². The van der Waals surface area contributed by atoms with E-state index in [4.69, 9.17) is 15.2 Å². The molecule has 96 valence electrons. The second kappa shape index (κ2) is 8.25. The quantitative estimate of drug-likeness (QED) is 0.724. The summed E-state index contributed by atoms with van der Waals surface area (Å²) in [5.41, 5.74) is 6.71. The zero-order chi connectivity index (χ0) is 12.5. The molecule has 1 rings (SSSR count). The van der Waals surface area contributed by atoms with Crippen LogP contribution in [0.25, 0.3) is 0 Å². The molecule has 17 heavy (non-hydrogen) atoms. The van der Waals surface area contributed by atoms with Gasteiger partial charge in [0.1, 0.15) is 0 Å². The average Bonchev–Trinajstić information content (AvgIpc) is 2.36. The topological polar surface area (TPSA) is 44.5 Å². The van der Waals surface area contributed by atoms with E-state index in [9.17, 15) is 0 Å². The first kappa shape index (κ1) is 14.2. The third-order valence-corrected chi connectivity index (χ3v) is 3.21. The Hall–Kier alpha value is -0.870. The molecule has 2 N–H and O–H groups in total. The minimum atomic E-state index is 0.649. The molecule has 0 aromatic heterocycles. The molecule has 3 nitrogen and oxygen atoms in total. The van der Waals surface area contributed by atoms with Gasteiger partial charge in [-0.25, -0.2) is 0 Å². The molecular formula is C13H21NO2S. The Bertz CT molecular complexity index is 331. The van der Waals surface area contributed by atoms with Crippen LogP contribution in [0.5, 0.6) is 11.5 Å². The molecule has 1 aromatic carbocycles. The smallest absolute Gasteiger partial charge is 0.161 e. The number of methoxy groups -OCH3 is 1. The molecule has 0 unspecified atom stereocenters. The van der Waals surface area contributed by atoms with Gasteiger partial charge in [-0.2, -0.15) is 11.8 Å². The molecule has 4 heteroatoms. The maximum absolute atomic E-state index is 5.69. The van der Waals surface area contributed by atoms with Crippen molar-refractivity contribution >= 4 is 11.8 Å². The van der Waals surface area contributed by atoms with E-state index in [0.29, 0.717) is 13.2 Å². The van der Waals surface area contributed by atoms with E-state index in [1.807, 2.05) is 30.0 Å². The molecule has 0 saturated heterocycles. The van der Waals surface area contributed by atoms with Gasteiger partial charge >= 0.3 is 0 Å². The summed E-state index contributed by atoms with van der Waals surface area (Å²) in [7, 11) is 1.66. The summed E-state index contributed by atoms with van der Waals surface area (Å²) in [6, 6.07) is 5.99. The Morgan fingerprint density at radius 3 is 2.76 bits per heavy atom. The van der Waals surface area contributed by atoms with Gasteiger partial charge in [-0.1, -0.05) is 13.0 Å². The lowest BCUT2D eigenvalue weighted by Crippen LogP contribution is -2.05. The summed E-state index contributed by atoms with van der Waals surface area (Å²) < 4.78 is 11.0. The van der Waals surface area contributed by atoms with Crippen LogP contribution in [-0.2, 0) is 6.42 Å². The number of hydrogen-bond acceptors (Lipinski definition) is 4. The van der Waals surface area contributed by atoms with Gasteiger partial charge in [0, 0.05) is 5.75 Å². The molecule has 1 aromatic rings. The van der Waals surface area contributed by atoms with Crippen molar-refractivity contribution in [3.8, 4) is 11.5 Å². The lowest BCUT2D eigenvalue weighted by Gasteiger charge is -2.11. The molecule has 0 bridgehead atoms. The fourth-order valence-corrected chi connectivity index (χ4v) is 2.00. The lowest BCUT2D eigenvalue weighted by molar-refractivity contribution is 0.313. The van der Waals surface area contributed by atoms with Crippen molar-refractivity contribution in [2.45, 2.75) is 13.3 Å². The highest BCUT2D eigenvalue weighted by Gasteiger charge is 2.05. The summed E-state index contributed by atoms with van der Waals surface area (Å²) in [4.78, 5) is 0. The first-order chi connectivity index (χ1) is 8.31. The number of benzene rings is 1. The van der Waals surface area contributed by atoms with Gasteiger partial charge in [-0.05, 0) is 36.4 Å². The van der Waals surface area contributed by atoms with E-state index in [-0.39, 0.29) is 0 Å². The van der Waals surface area contributed by atoms with Gasteiger partial charge in [-0.3, -0.25) is 0 Å². The van der Waals surface area contributed by atoms with Crippen molar-refractivity contribution in [1.82, 2.24) is 0 Å². The Kier molecular flexibility index (Phi) is 6.89. The predicted octanol–water partition coefficient (Wildman–Crippen LogP) is 2.33. The van der Waals surface area contributed by atoms with Gasteiger partial charge in [0.25, 0.3) is 0 Å². The van der Waals surface area contributed by atoms with Crippen molar-refractivity contribution in [3.63, 3.8) is 0 Å². The van der Waals surface area contributed by atoms with Crippen LogP contribution in [0.1, 0.15) is 12.5 Å². The number of ether oxygens (including phenoxy) is 2. The number of nitrogens with two attached hydrogens (primary N) is 1. The van der Waals surface area contributed by atoms with Crippen molar-refractivity contribution in [2.24, 2.45) is 5.73 Å². The van der Waals surface area contributed by atoms with Gasteiger partial charge in [0.15, 0.2) is 11.5 Å². The fraction of sp³-hybridized carbons (Fsp3) is 0.538. The maximum atomic E-state index is 5.69.